The second kappa shape index (κ2) is 6.88. The molecule has 6 heteroatoms. The molecule has 0 spiro atoms. The van der Waals surface area contributed by atoms with Gasteiger partial charge in [-0.1, -0.05) is 25.0 Å². The van der Waals surface area contributed by atoms with Gasteiger partial charge in [0.25, 0.3) is 5.91 Å². The van der Waals surface area contributed by atoms with Crippen LogP contribution in [0.4, 0.5) is 0 Å². The van der Waals surface area contributed by atoms with Gasteiger partial charge in [0, 0.05) is 12.7 Å². The highest BCUT2D eigenvalue weighted by molar-refractivity contribution is 5.94. The standard InChI is InChI=1S/C19H23N3O3/c1-24-17-8-4-3-7-16(17)22-13-14(12-20-22)19(23)21-10-11-25-18-9-5-2-6-15(18)21/h3-4,7-8,12-13,15,18H,2,5-6,9-11H2,1H3/t15-,18-/m1/s1. The van der Waals surface area contributed by atoms with Crippen LogP contribution in [0.5, 0.6) is 5.75 Å². The molecule has 2 atom stereocenters. The van der Waals surface area contributed by atoms with Gasteiger partial charge in [0.15, 0.2) is 0 Å². The van der Waals surface area contributed by atoms with Crippen LogP contribution in [-0.2, 0) is 4.74 Å². The van der Waals surface area contributed by atoms with E-state index < -0.39 is 0 Å². The third kappa shape index (κ3) is 3.02. The van der Waals surface area contributed by atoms with Crippen LogP contribution in [0, 0.1) is 0 Å². The van der Waals surface area contributed by atoms with Gasteiger partial charge in [0.2, 0.25) is 0 Å². The zero-order chi connectivity index (χ0) is 17.2. The number of para-hydroxylation sites is 2. The molecule has 4 rings (SSSR count). The molecule has 1 saturated carbocycles. The fourth-order valence-corrected chi connectivity index (χ4v) is 3.90. The zero-order valence-electron chi connectivity index (χ0n) is 14.4. The number of hydrogen-bond donors (Lipinski definition) is 0. The number of benzene rings is 1. The SMILES string of the molecule is COc1ccccc1-n1cc(C(=O)N2CCO[C@@H]3CCCC[C@H]32)cn1. The summed E-state index contributed by atoms with van der Waals surface area (Å²) in [4.78, 5) is 15.0. The number of aromatic nitrogens is 2. The monoisotopic (exact) mass is 341 g/mol. The molecule has 6 nitrogen and oxygen atoms in total. The van der Waals surface area contributed by atoms with Gasteiger partial charge < -0.3 is 14.4 Å². The minimum atomic E-state index is 0.0429. The van der Waals surface area contributed by atoms with Crippen molar-refractivity contribution in [2.75, 3.05) is 20.3 Å². The van der Waals surface area contributed by atoms with Crippen molar-refractivity contribution >= 4 is 5.91 Å². The Morgan fingerprint density at radius 2 is 2.12 bits per heavy atom. The van der Waals surface area contributed by atoms with E-state index in [9.17, 15) is 4.79 Å². The smallest absolute Gasteiger partial charge is 0.257 e. The maximum Gasteiger partial charge on any atom is 0.257 e. The van der Waals surface area contributed by atoms with Gasteiger partial charge in [-0.25, -0.2) is 4.68 Å². The van der Waals surface area contributed by atoms with Gasteiger partial charge in [0.1, 0.15) is 11.4 Å². The van der Waals surface area contributed by atoms with Crippen LogP contribution in [0.3, 0.4) is 0 Å². The Bertz CT molecular complexity index is 756. The normalized spacial score (nSPS) is 23.2. The Hall–Kier alpha value is -2.34. The lowest BCUT2D eigenvalue weighted by Gasteiger charge is -2.43. The summed E-state index contributed by atoms with van der Waals surface area (Å²) in [6.45, 7) is 1.27. The fourth-order valence-electron chi connectivity index (χ4n) is 3.90. The average molecular weight is 341 g/mol. The molecule has 0 radical (unpaired) electrons. The molecule has 2 heterocycles. The van der Waals surface area contributed by atoms with Gasteiger partial charge in [-0.05, 0) is 25.0 Å². The van der Waals surface area contributed by atoms with E-state index in [0.717, 1.165) is 30.7 Å². The molecule has 2 fully saturated rings. The van der Waals surface area contributed by atoms with E-state index in [2.05, 4.69) is 5.10 Å². The summed E-state index contributed by atoms with van der Waals surface area (Å²) in [6.07, 6.45) is 8.04. The van der Waals surface area contributed by atoms with Crippen molar-refractivity contribution in [2.45, 2.75) is 37.8 Å². The van der Waals surface area contributed by atoms with Crippen molar-refractivity contribution < 1.29 is 14.3 Å². The Morgan fingerprint density at radius 3 is 3.00 bits per heavy atom. The quantitative estimate of drug-likeness (QED) is 0.861. The number of rotatable bonds is 3. The average Bonchev–Trinajstić information content (AvgIpc) is 3.17. The number of ether oxygens (including phenoxy) is 2. The maximum absolute atomic E-state index is 13.0. The zero-order valence-corrected chi connectivity index (χ0v) is 14.4. The summed E-state index contributed by atoms with van der Waals surface area (Å²) in [5, 5.41) is 4.37. The van der Waals surface area contributed by atoms with Crippen molar-refractivity contribution in [1.82, 2.24) is 14.7 Å². The molecular weight excluding hydrogens is 318 g/mol. The first-order valence-corrected chi connectivity index (χ1v) is 8.88. The summed E-state index contributed by atoms with van der Waals surface area (Å²) >= 11 is 0. The van der Waals surface area contributed by atoms with Crippen LogP contribution in [0.15, 0.2) is 36.7 Å². The van der Waals surface area contributed by atoms with E-state index in [1.54, 1.807) is 24.2 Å². The van der Waals surface area contributed by atoms with E-state index in [0.29, 0.717) is 18.7 Å². The van der Waals surface area contributed by atoms with E-state index in [1.165, 1.54) is 6.42 Å². The van der Waals surface area contributed by atoms with Crippen molar-refractivity contribution in [3.63, 3.8) is 0 Å². The lowest BCUT2D eigenvalue weighted by molar-refractivity contribution is -0.0752. The molecule has 0 bridgehead atoms. The first kappa shape index (κ1) is 16.1. The molecule has 1 saturated heterocycles. The second-order valence-corrected chi connectivity index (χ2v) is 6.61. The Labute approximate surface area is 147 Å². The van der Waals surface area contributed by atoms with Crippen molar-refractivity contribution in [2.24, 2.45) is 0 Å². The molecule has 0 unspecified atom stereocenters. The molecule has 132 valence electrons. The van der Waals surface area contributed by atoms with Gasteiger partial charge >= 0.3 is 0 Å². The van der Waals surface area contributed by atoms with Crippen molar-refractivity contribution in [3.8, 4) is 11.4 Å². The largest absolute Gasteiger partial charge is 0.494 e. The number of nitrogens with zero attached hydrogens (tertiary/aromatic N) is 3. The molecule has 2 aromatic rings. The summed E-state index contributed by atoms with van der Waals surface area (Å²) in [7, 11) is 1.63. The van der Waals surface area contributed by atoms with Crippen LogP contribution >= 0.6 is 0 Å². The summed E-state index contributed by atoms with van der Waals surface area (Å²) in [5.41, 5.74) is 1.43. The molecule has 1 aliphatic carbocycles. The summed E-state index contributed by atoms with van der Waals surface area (Å²) in [6, 6.07) is 7.84. The first-order valence-electron chi connectivity index (χ1n) is 8.88. The molecule has 2 aliphatic rings. The molecule has 0 N–H and O–H groups in total. The number of fused-ring (bicyclic) bond motifs is 1. The number of hydrogen-bond acceptors (Lipinski definition) is 4. The van der Waals surface area contributed by atoms with Crippen molar-refractivity contribution in [3.05, 3.63) is 42.2 Å². The molecule has 1 aliphatic heterocycles. The van der Waals surface area contributed by atoms with Crippen molar-refractivity contribution in [1.29, 1.82) is 0 Å². The van der Waals surface area contributed by atoms with Gasteiger partial charge in [-0.15, -0.1) is 0 Å². The fraction of sp³-hybridized carbons (Fsp3) is 0.474. The number of amides is 1. The Kier molecular flexibility index (Phi) is 4.44. The summed E-state index contributed by atoms with van der Waals surface area (Å²) in [5.74, 6) is 0.768. The number of carbonyl (C=O) groups excluding carboxylic acids is 1. The third-order valence-corrected chi connectivity index (χ3v) is 5.15. The lowest BCUT2D eigenvalue weighted by atomic mass is 9.90. The van der Waals surface area contributed by atoms with Gasteiger partial charge in [0.05, 0.1) is 37.6 Å². The molecule has 1 amide bonds. The van der Waals surface area contributed by atoms with Crippen LogP contribution in [0.2, 0.25) is 0 Å². The highest BCUT2D eigenvalue weighted by atomic mass is 16.5. The predicted molar refractivity (Wildman–Crippen MR) is 93.1 cm³/mol. The number of methoxy groups -OCH3 is 1. The highest BCUT2D eigenvalue weighted by Gasteiger charge is 2.37. The van der Waals surface area contributed by atoms with E-state index in [1.807, 2.05) is 29.2 Å². The minimum absolute atomic E-state index is 0.0429. The van der Waals surface area contributed by atoms with E-state index in [-0.39, 0.29) is 18.1 Å². The minimum Gasteiger partial charge on any atom is -0.494 e. The van der Waals surface area contributed by atoms with Gasteiger partial charge in [-0.3, -0.25) is 4.79 Å². The molecule has 1 aromatic carbocycles. The summed E-state index contributed by atoms with van der Waals surface area (Å²) < 4.78 is 13.0. The Morgan fingerprint density at radius 1 is 1.28 bits per heavy atom. The maximum atomic E-state index is 13.0. The van der Waals surface area contributed by atoms with Crippen LogP contribution in [-0.4, -0.2) is 53.0 Å². The van der Waals surface area contributed by atoms with Crippen LogP contribution in [0.25, 0.3) is 5.69 Å². The van der Waals surface area contributed by atoms with Crippen LogP contribution in [0.1, 0.15) is 36.0 Å². The van der Waals surface area contributed by atoms with Gasteiger partial charge in [-0.2, -0.15) is 5.10 Å². The number of carbonyl (C=O) groups is 1. The lowest BCUT2D eigenvalue weighted by Crippen LogP contribution is -2.54. The highest BCUT2D eigenvalue weighted by Crippen LogP contribution is 2.29. The number of morpholine rings is 1. The predicted octanol–water partition coefficient (Wildman–Crippen LogP) is 2.66. The molecular formula is C19H23N3O3. The van der Waals surface area contributed by atoms with E-state index >= 15 is 0 Å². The topological polar surface area (TPSA) is 56.6 Å². The third-order valence-electron chi connectivity index (χ3n) is 5.15. The first-order chi connectivity index (χ1) is 12.3. The van der Waals surface area contributed by atoms with E-state index in [4.69, 9.17) is 9.47 Å². The second-order valence-electron chi connectivity index (χ2n) is 6.61. The molecule has 1 aromatic heterocycles. The molecule has 25 heavy (non-hydrogen) atoms. The van der Waals surface area contributed by atoms with Crippen LogP contribution < -0.4 is 4.74 Å². The Balaban J connectivity index is 1.58.